The van der Waals surface area contributed by atoms with Crippen molar-refractivity contribution in [2.24, 2.45) is 5.41 Å². The van der Waals surface area contributed by atoms with Gasteiger partial charge in [0.1, 0.15) is 6.04 Å². The second-order valence-corrected chi connectivity index (χ2v) is 6.16. The van der Waals surface area contributed by atoms with E-state index in [9.17, 15) is 14.7 Å². The van der Waals surface area contributed by atoms with E-state index in [1.54, 1.807) is 32.9 Å². The summed E-state index contributed by atoms with van der Waals surface area (Å²) in [5.74, 6) is -1.38. The topological polar surface area (TPSA) is 78.4 Å². The van der Waals surface area contributed by atoms with Gasteiger partial charge in [-0.3, -0.25) is 4.79 Å². The van der Waals surface area contributed by atoms with Crippen LogP contribution < -0.4 is 10.6 Å². The largest absolute Gasteiger partial charge is 0.480 e. The van der Waals surface area contributed by atoms with Crippen LogP contribution in [-0.4, -0.2) is 29.6 Å². The monoisotopic (exact) mass is 276 g/mol. The number of carboxylic acid groups (broad SMARTS) is 1. The highest BCUT2D eigenvalue weighted by atomic mass is 16.4. The summed E-state index contributed by atoms with van der Waals surface area (Å²) in [4.78, 5) is 23.5. The molecule has 2 rings (SSSR count). The molecule has 1 amide bonds. The van der Waals surface area contributed by atoms with E-state index in [2.05, 4.69) is 10.6 Å². The normalized spacial score (nSPS) is 15.2. The minimum absolute atomic E-state index is 0.358. The Morgan fingerprint density at radius 2 is 2.05 bits per heavy atom. The Kier molecular flexibility index (Phi) is 3.70. The zero-order chi connectivity index (χ0) is 14.9. The van der Waals surface area contributed by atoms with Crippen LogP contribution in [0.4, 0.5) is 5.69 Å². The van der Waals surface area contributed by atoms with Crippen molar-refractivity contribution in [1.29, 1.82) is 0 Å². The van der Waals surface area contributed by atoms with Crippen LogP contribution in [0.15, 0.2) is 18.2 Å². The molecule has 5 heteroatoms. The molecule has 1 aromatic carbocycles. The number of fused-ring (bicyclic) bond motifs is 1. The van der Waals surface area contributed by atoms with E-state index in [1.165, 1.54) is 5.56 Å². The number of aliphatic carboxylic acids is 1. The van der Waals surface area contributed by atoms with E-state index in [-0.39, 0.29) is 5.91 Å². The van der Waals surface area contributed by atoms with Crippen molar-refractivity contribution in [2.45, 2.75) is 33.2 Å². The lowest BCUT2D eigenvalue weighted by molar-refractivity contribution is -0.142. The molecule has 20 heavy (non-hydrogen) atoms. The van der Waals surface area contributed by atoms with Crippen LogP contribution >= 0.6 is 0 Å². The van der Waals surface area contributed by atoms with Gasteiger partial charge in [0.2, 0.25) is 0 Å². The molecule has 1 heterocycles. The first-order chi connectivity index (χ1) is 9.29. The van der Waals surface area contributed by atoms with Crippen molar-refractivity contribution in [3.63, 3.8) is 0 Å². The maximum Gasteiger partial charge on any atom is 0.326 e. The van der Waals surface area contributed by atoms with E-state index in [4.69, 9.17) is 0 Å². The van der Waals surface area contributed by atoms with Crippen LogP contribution in [-0.2, 0) is 11.2 Å². The minimum atomic E-state index is -1.02. The number of benzene rings is 1. The summed E-state index contributed by atoms with van der Waals surface area (Å²) in [6.07, 6.45) is 0.955. The lowest BCUT2D eigenvalue weighted by Gasteiger charge is -2.27. The van der Waals surface area contributed by atoms with Crippen LogP contribution in [0.3, 0.4) is 0 Å². The molecule has 1 aliphatic rings. The Bertz CT molecular complexity index is 547. The fourth-order valence-electron chi connectivity index (χ4n) is 2.30. The van der Waals surface area contributed by atoms with Crippen molar-refractivity contribution in [3.8, 4) is 0 Å². The maximum atomic E-state index is 12.2. The second-order valence-electron chi connectivity index (χ2n) is 6.16. The van der Waals surface area contributed by atoms with Gasteiger partial charge in [-0.15, -0.1) is 0 Å². The molecule has 1 unspecified atom stereocenters. The number of hydrogen-bond acceptors (Lipinski definition) is 3. The van der Waals surface area contributed by atoms with E-state index < -0.39 is 17.4 Å². The Balaban J connectivity index is 2.17. The summed E-state index contributed by atoms with van der Waals surface area (Å²) in [5.41, 5.74) is 2.08. The number of carbonyl (C=O) groups excluding carboxylic acids is 1. The van der Waals surface area contributed by atoms with Gasteiger partial charge in [-0.1, -0.05) is 26.8 Å². The zero-order valence-corrected chi connectivity index (χ0v) is 12.0. The number of amides is 1. The highest BCUT2D eigenvalue weighted by molar-refractivity contribution is 5.97. The average molecular weight is 276 g/mol. The predicted octanol–water partition coefficient (Wildman–Crippen LogP) is 1.88. The summed E-state index contributed by atoms with van der Waals surface area (Å²) in [6.45, 7) is 6.24. The molecule has 0 aliphatic carbocycles. The van der Waals surface area contributed by atoms with Gasteiger partial charge in [0.05, 0.1) is 0 Å². The first kappa shape index (κ1) is 14.4. The third-order valence-electron chi connectivity index (χ3n) is 3.47. The van der Waals surface area contributed by atoms with Gasteiger partial charge in [-0.2, -0.15) is 0 Å². The van der Waals surface area contributed by atoms with Crippen molar-refractivity contribution >= 4 is 17.6 Å². The molecule has 1 aromatic rings. The van der Waals surface area contributed by atoms with Gasteiger partial charge in [-0.05, 0) is 29.5 Å². The molecule has 0 fully saturated rings. The maximum absolute atomic E-state index is 12.2. The Morgan fingerprint density at radius 3 is 2.65 bits per heavy atom. The standard InChI is InChI=1S/C15H20N2O3/c1-15(2,3)12(14(19)20)17-13(18)10-5-4-9-6-7-16-11(9)8-10/h4-5,8,12,16H,6-7H2,1-3H3,(H,17,18)(H,19,20). The van der Waals surface area contributed by atoms with Gasteiger partial charge < -0.3 is 15.7 Å². The molecule has 108 valence electrons. The zero-order valence-electron chi connectivity index (χ0n) is 12.0. The summed E-state index contributed by atoms with van der Waals surface area (Å²) < 4.78 is 0. The Labute approximate surface area is 118 Å². The summed E-state index contributed by atoms with van der Waals surface area (Å²) in [6, 6.07) is 4.51. The van der Waals surface area contributed by atoms with Crippen LogP contribution in [0.5, 0.6) is 0 Å². The lowest BCUT2D eigenvalue weighted by atomic mass is 9.86. The van der Waals surface area contributed by atoms with E-state index >= 15 is 0 Å². The van der Waals surface area contributed by atoms with Gasteiger partial charge in [0.25, 0.3) is 5.91 Å². The number of anilines is 1. The number of nitrogens with one attached hydrogen (secondary N) is 2. The van der Waals surface area contributed by atoms with Crippen LogP contribution in [0.1, 0.15) is 36.7 Å². The third-order valence-corrected chi connectivity index (χ3v) is 3.47. The number of carbonyl (C=O) groups is 2. The molecule has 0 aromatic heterocycles. The first-order valence-corrected chi connectivity index (χ1v) is 6.69. The Hall–Kier alpha value is -2.04. The summed E-state index contributed by atoms with van der Waals surface area (Å²) in [5, 5.41) is 15.0. The van der Waals surface area contributed by atoms with Crippen molar-refractivity contribution in [3.05, 3.63) is 29.3 Å². The van der Waals surface area contributed by atoms with E-state index in [0.717, 1.165) is 18.7 Å². The van der Waals surface area contributed by atoms with E-state index in [1.807, 2.05) is 6.07 Å². The summed E-state index contributed by atoms with van der Waals surface area (Å²) >= 11 is 0. The SMILES string of the molecule is CC(C)(C)C(NC(=O)c1ccc2c(c1)NCC2)C(=O)O. The molecule has 5 nitrogen and oxygen atoms in total. The van der Waals surface area contributed by atoms with E-state index in [0.29, 0.717) is 5.56 Å². The fraction of sp³-hybridized carbons (Fsp3) is 0.467. The molecule has 0 radical (unpaired) electrons. The van der Waals surface area contributed by atoms with Gasteiger partial charge >= 0.3 is 5.97 Å². The summed E-state index contributed by atoms with van der Waals surface area (Å²) in [7, 11) is 0. The second kappa shape index (κ2) is 5.15. The molecule has 0 saturated carbocycles. The lowest BCUT2D eigenvalue weighted by Crippen LogP contribution is -2.49. The van der Waals surface area contributed by atoms with Crippen molar-refractivity contribution in [2.75, 3.05) is 11.9 Å². The smallest absolute Gasteiger partial charge is 0.326 e. The molecule has 3 N–H and O–H groups in total. The first-order valence-electron chi connectivity index (χ1n) is 6.69. The van der Waals surface area contributed by atoms with Crippen LogP contribution in [0.2, 0.25) is 0 Å². The van der Waals surface area contributed by atoms with Crippen molar-refractivity contribution < 1.29 is 14.7 Å². The highest BCUT2D eigenvalue weighted by Crippen LogP contribution is 2.24. The number of carboxylic acids is 1. The van der Waals surface area contributed by atoms with Crippen LogP contribution in [0.25, 0.3) is 0 Å². The minimum Gasteiger partial charge on any atom is -0.480 e. The van der Waals surface area contributed by atoms with Crippen LogP contribution in [0, 0.1) is 5.41 Å². The molecule has 1 atom stereocenters. The molecule has 0 saturated heterocycles. The van der Waals surface area contributed by atoms with Gasteiger partial charge in [0, 0.05) is 17.8 Å². The molecular weight excluding hydrogens is 256 g/mol. The number of hydrogen-bond donors (Lipinski definition) is 3. The fourth-order valence-corrected chi connectivity index (χ4v) is 2.30. The average Bonchev–Trinajstić information content (AvgIpc) is 2.80. The van der Waals surface area contributed by atoms with Gasteiger partial charge in [0.15, 0.2) is 0 Å². The molecule has 0 bridgehead atoms. The predicted molar refractivity (Wildman–Crippen MR) is 77.0 cm³/mol. The third kappa shape index (κ3) is 2.92. The molecule has 0 spiro atoms. The number of rotatable bonds is 3. The van der Waals surface area contributed by atoms with Crippen molar-refractivity contribution in [1.82, 2.24) is 5.32 Å². The quantitative estimate of drug-likeness (QED) is 0.787. The molecule has 1 aliphatic heterocycles. The highest BCUT2D eigenvalue weighted by Gasteiger charge is 2.32. The molecular formula is C15H20N2O3. The Morgan fingerprint density at radius 1 is 1.35 bits per heavy atom. The van der Waals surface area contributed by atoms with Gasteiger partial charge in [-0.25, -0.2) is 4.79 Å².